The Morgan fingerprint density at radius 1 is 1.24 bits per heavy atom. The fourth-order valence-electron chi connectivity index (χ4n) is 5.91. The summed E-state index contributed by atoms with van der Waals surface area (Å²) in [5.74, 6) is 0.299. The Morgan fingerprint density at radius 3 is 2.68 bits per heavy atom. The predicted octanol–water partition coefficient (Wildman–Crippen LogP) is 4.09. The van der Waals surface area contributed by atoms with Gasteiger partial charge in [-0.3, -0.25) is 4.79 Å². The number of likely N-dealkylation sites (tertiary alicyclic amines) is 1. The SMILES string of the molecule is CN1CC(C(=O)NC(CO)Cc2cc(Br)c(O)c(Br)c2)CC2c3cccc4c3c(cn4C)CC21. The number of halogens is 2. The number of nitrogens with one attached hydrogen (secondary N) is 1. The van der Waals surface area contributed by atoms with Crippen LogP contribution in [-0.4, -0.2) is 57.9 Å². The van der Waals surface area contributed by atoms with Crippen LogP contribution >= 0.6 is 31.9 Å². The van der Waals surface area contributed by atoms with Crippen LogP contribution in [0, 0.1) is 5.92 Å². The molecule has 2 aliphatic rings. The number of amides is 1. The lowest BCUT2D eigenvalue weighted by molar-refractivity contribution is -0.128. The van der Waals surface area contributed by atoms with Gasteiger partial charge in [0.05, 0.1) is 27.5 Å². The van der Waals surface area contributed by atoms with E-state index in [-0.39, 0.29) is 24.2 Å². The highest BCUT2D eigenvalue weighted by atomic mass is 79.9. The number of aryl methyl sites for hydroxylation is 1. The van der Waals surface area contributed by atoms with E-state index in [1.165, 1.54) is 22.0 Å². The molecule has 0 saturated carbocycles. The van der Waals surface area contributed by atoms with Gasteiger partial charge < -0.3 is 25.0 Å². The number of aliphatic hydroxyl groups excluding tert-OH is 1. The van der Waals surface area contributed by atoms with E-state index >= 15 is 0 Å². The van der Waals surface area contributed by atoms with Crippen LogP contribution in [0.3, 0.4) is 0 Å². The third-order valence-electron chi connectivity index (χ3n) is 7.53. The van der Waals surface area contributed by atoms with Crippen molar-refractivity contribution in [1.29, 1.82) is 0 Å². The zero-order chi connectivity index (χ0) is 24.1. The quantitative estimate of drug-likeness (QED) is 0.418. The van der Waals surface area contributed by atoms with Gasteiger partial charge in [-0.05, 0) is 93.1 Å². The number of aliphatic hydroxyl groups is 1. The average molecular weight is 591 g/mol. The monoisotopic (exact) mass is 589 g/mol. The molecule has 2 heterocycles. The Hall–Kier alpha value is -1.87. The molecule has 1 amide bonds. The van der Waals surface area contributed by atoms with Gasteiger partial charge in [-0.2, -0.15) is 0 Å². The number of carbonyl (C=O) groups is 1. The van der Waals surface area contributed by atoms with E-state index in [0.717, 1.165) is 18.4 Å². The molecule has 180 valence electrons. The number of phenols is 1. The molecule has 1 saturated heterocycles. The highest BCUT2D eigenvalue weighted by Gasteiger charge is 2.41. The Labute approximate surface area is 216 Å². The van der Waals surface area contributed by atoms with Gasteiger partial charge in [0.15, 0.2) is 0 Å². The van der Waals surface area contributed by atoms with Gasteiger partial charge in [-0.1, -0.05) is 12.1 Å². The first-order valence-corrected chi connectivity index (χ1v) is 13.2. The van der Waals surface area contributed by atoms with E-state index < -0.39 is 6.04 Å². The van der Waals surface area contributed by atoms with E-state index in [2.05, 4.69) is 85.1 Å². The molecule has 1 fully saturated rings. The summed E-state index contributed by atoms with van der Waals surface area (Å²) in [5.41, 5.74) is 4.92. The van der Waals surface area contributed by atoms with Crippen molar-refractivity contribution in [2.45, 2.75) is 37.3 Å². The van der Waals surface area contributed by atoms with Crippen molar-refractivity contribution >= 4 is 48.7 Å². The number of aromatic hydroxyl groups is 1. The minimum absolute atomic E-state index is 0.00714. The first kappa shape index (κ1) is 23.9. The number of benzene rings is 2. The maximum absolute atomic E-state index is 13.3. The summed E-state index contributed by atoms with van der Waals surface area (Å²) in [5, 5.41) is 24.4. The van der Waals surface area contributed by atoms with Gasteiger partial charge in [0.1, 0.15) is 5.75 Å². The summed E-state index contributed by atoms with van der Waals surface area (Å²) in [6.45, 7) is 0.558. The van der Waals surface area contributed by atoms with E-state index in [4.69, 9.17) is 0 Å². The normalized spacial score (nSPS) is 23.0. The van der Waals surface area contributed by atoms with Crippen LogP contribution in [-0.2, 0) is 24.7 Å². The third-order valence-corrected chi connectivity index (χ3v) is 8.74. The maximum atomic E-state index is 13.3. The van der Waals surface area contributed by atoms with E-state index in [1.807, 2.05) is 12.1 Å². The first-order valence-electron chi connectivity index (χ1n) is 11.6. The van der Waals surface area contributed by atoms with Crippen LogP contribution in [0.1, 0.15) is 29.0 Å². The number of piperidine rings is 1. The molecule has 34 heavy (non-hydrogen) atoms. The lowest BCUT2D eigenvalue weighted by Gasteiger charge is -2.45. The zero-order valence-electron chi connectivity index (χ0n) is 19.3. The molecule has 0 radical (unpaired) electrons. The number of hydrogen-bond acceptors (Lipinski definition) is 4. The Morgan fingerprint density at radius 2 is 1.97 bits per heavy atom. The average Bonchev–Trinajstić information content (AvgIpc) is 3.14. The minimum Gasteiger partial charge on any atom is -0.506 e. The molecule has 4 unspecified atom stereocenters. The molecule has 1 aromatic heterocycles. The molecule has 3 N–H and O–H groups in total. The summed E-state index contributed by atoms with van der Waals surface area (Å²) in [6.07, 6.45) is 4.54. The van der Waals surface area contributed by atoms with Crippen molar-refractivity contribution in [3.05, 3.63) is 62.2 Å². The topological polar surface area (TPSA) is 77.7 Å². The van der Waals surface area contributed by atoms with Crippen molar-refractivity contribution in [3.8, 4) is 5.75 Å². The van der Waals surface area contributed by atoms with Crippen LogP contribution < -0.4 is 5.32 Å². The van der Waals surface area contributed by atoms with Gasteiger partial charge >= 0.3 is 0 Å². The van der Waals surface area contributed by atoms with E-state index in [1.54, 1.807) is 0 Å². The van der Waals surface area contributed by atoms with Gasteiger partial charge in [0.2, 0.25) is 5.91 Å². The molecule has 1 aliphatic carbocycles. The number of carbonyl (C=O) groups excluding carboxylic acids is 1. The molecule has 3 aromatic rings. The molecule has 8 heteroatoms. The lowest BCUT2D eigenvalue weighted by atomic mass is 9.72. The standard InChI is InChI=1S/C26H29Br2N3O3/c1-30-11-15-10-23-19(18-4-3-5-22(30)24(15)18)9-16(12-31(23)2)26(34)29-17(13-32)6-14-7-20(27)25(33)21(28)8-14/h3-5,7-8,11,16-17,19,23,32-33H,6,9-10,12-13H2,1-2H3,(H,29,34). The maximum Gasteiger partial charge on any atom is 0.224 e. The smallest absolute Gasteiger partial charge is 0.224 e. The number of aromatic nitrogens is 1. The summed E-state index contributed by atoms with van der Waals surface area (Å²) in [7, 11) is 4.23. The number of phenolic OH excluding ortho intramolecular Hbond substituents is 1. The third kappa shape index (κ3) is 4.19. The van der Waals surface area contributed by atoms with Crippen molar-refractivity contribution in [2.24, 2.45) is 13.0 Å². The molecule has 4 atom stereocenters. The summed E-state index contributed by atoms with van der Waals surface area (Å²) in [4.78, 5) is 15.7. The Kier molecular flexibility index (Phi) is 6.52. The number of hydrogen-bond donors (Lipinski definition) is 3. The van der Waals surface area contributed by atoms with Crippen LogP contribution in [0.5, 0.6) is 5.75 Å². The number of fused-ring (bicyclic) bond motifs is 2. The molecule has 5 rings (SSSR count). The zero-order valence-corrected chi connectivity index (χ0v) is 22.4. The summed E-state index contributed by atoms with van der Waals surface area (Å²) in [6, 6.07) is 10.2. The van der Waals surface area contributed by atoms with Crippen molar-refractivity contribution < 1.29 is 15.0 Å². The largest absolute Gasteiger partial charge is 0.506 e. The molecule has 0 spiro atoms. The summed E-state index contributed by atoms with van der Waals surface area (Å²) < 4.78 is 3.36. The number of rotatable bonds is 5. The van der Waals surface area contributed by atoms with Crippen LogP contribution in [0.15, 0.2) is 45.5 Å². The Bertz CT molecular complexity index is 1230. The van der Waals surface area contributed by atoms with Gasteiger partial charge in [-0.25, -0.2) is 0 Å². The lowest BCUT2D eigenvalue weighted by Crippen LogP contribution is -2.53. The predicted molar refractivity (Wildman–Crippen MR) is 140 cm³/mol. The van der Waals surface area contributed by atoms with Crippen LogP contribution in [0.25, 0.3) is 10.9 Å². The second-order valence-corrected chi connectivity index (χ2v) is 11.5. The number of likely N-dealkylation sites (N-methyl/N-ethyl adjacent to an activating group) is 1. The van der Waals surface area contributed by atoms with Gasteiger partial charge in [-0.15, -0.1) is 0 Å². The molecule has 6 nitrogen and oxygen atoms in total. The van der Waals surface area contributed by atoms with Crippen molar-refractivity contribution in [1.82, 2.24) is 14.8 Å². The fourth-order valence-corrected chi connectivity index (χ4v) is 7.19. The van der Waals surface area contributed by atoms with E-state index in [0.29, 0.717) is 33.9 Å². The minimum atomic E-state index is -0.394. The van der Waals surface area contributed by atoms with Crippen molar-refractivity contribution in [2.75, 3.05) is 20.2 Å². The van der Waals surface area contributed by atoms with Gasteiger partial charge in [0, 0.05) is 42.7 Å². The van der Waals surface area contributed by atoms with Crippen LogP contribution in [0.4, 0.5) is 0 Å². The first-order chi connectivity index (χ1) is 16.3. The fraction of sp³-hybridized carbons (Fsp3) is 0.423. The highest BCUT2D eigenvalue weighted by molar-refractivity contribution is 9.11. The van der Waals surface area contributed by atoms with Crippen molar-refractivity contribution in [3.63, 3.8) is 0 Å². The summed E-state index contributed by atoms with van der Waals surface area (Å²) >= 11 is 6.70. The number of nitrogens with zero attached hydrogens (tertiary/aromatic N) is 2. The van der Waals surface area contributed by atoms with E-state index in [9.17, 15) is 15.0 Å². The molecule has 0 bridgehead atoms. The molecular formula is C26H29Br2N3O3. The highest BCUT2D eigenvalue weighted by Crippen LogP contribution is 2.44. The molecule has 1 aliphatic heterocycles. The molecular weight excluding hydrogens is 562 g/mol. The molecule has 2 aromatic carbocycles. The van der Waals surface area contributed by atoms with Crippen LogP contribution in [0.2, 0.25) is 0 Å². The Balaban J connectivity index is 1.34. The van der Waals surface area contributed by atoms with Gasteiger partial charge in [0.25, 0.3) is 0 Å². The second kappa shape index (κ2) is 9.30. The second-order valence-electron chi connectivity index (χ2n) is 9.76.